The van der Waals surface area contributed by atoms with Crippen molar-refractivity contribution in [2.45, 2.75) is 59.6 Å². The zero-order chi connectivity index (χ0) is 28.1. The molecule has 38 heavy (non-hydrogen) atoms. The second-order valence-corrected chi connectivity index (χ2v) is 9.86. The van der Waals surface area contributed by atoms with E-state index in [2.05, 4.69) is 5.32 Å². The number of carbonyl (C=O) groups excluding carboxylic acids is 3. The average Bonchev–Trinajstić information content (AvgIpc) is 3.14. The van der Waals surface area contributed by atoms with E-state index in [1.165, 1.54) is 26.8 Å². The molecule has 2 aliphatic rings. The number of phenols is 2. The number of ketones is 3. The van der Waals surface area contributed by atoms with Crippen LogP contribution in [0.4, 0.5) is 0 Å². The lowest BCUT2D eigenvalue weighted by Crippen LogP contribution is -2.41. The van der Waals surface area contributed by atoms with E-state index in [4.69, 9.17) is 14.2 Å². The first kappa shape index (κ1) is 26.8. The molecular weight excluding hydrogens is 490 g/mol. The summed E-state index contributed by atoms with van der Waals surface area (Å²) < 4.78 is 17.2. The van der Waals surface area contributed by atoms with Crippen LogP contribution in [-0.4, -0.2) is 40.8 Å². The first-order chi connectivity index (χ1) is 17.8. The van der Waals surface area contributed by atoms with E-state index in [0.717, 1.165) is 5.56 Å². The monoisotopic (exact) mass is 521 g/mol. The van der Waals surface area contributed by atoms with Crippen LogP contribution < -0.4 is 19.5 Å². The van der Waals surface area contributed by atoms with Crippen molar-refractivity contribution in [3.63, 3.8) is 0 Å². The summed E-state index contributed by atoms with van der Waals surface area (Å²) in [6, 6.07) is 5.46. The van der Waals surface area contributed by atoms with Crippen LogP contribution in [0.5, 0.6) is 28.7 Å². The van der Waals surface area contributed by atoms with Crippen LogP contribution in [0.2, 0.25) is 0 Å². The highest BCUT2D eigenvalue weighted by Gasteiger charge is 2.56. The molecule has 1 aliphatic carbocycles. The van der Waals surface area contributed by atoms with Crippen molar-refractivity contribution in [3.8, 4) is 28.7 Å². The van der Waals surface area contributed by atoms with Gasteiger partial charge in [-0.3, -0.25) is 14.4 Å². The van der Waals surface area contributed by atoms with Crippen LogP contribution in [0.3, 0.4) is 0 Å². The van der Waals surface area contributed by atoms with Gasteiger partial charge in [-0.25, -0.2) is 0 Å². The van der Waals surface area contributed by atoms with Gasteiger partial charge in [-0.15, -0.1) is 0 Å². The van der Waals surface area contributed by atoms with Gasteiger partial charge in [0.1, 0.15) is 34.0 Å². The van der Waals surface area contributed by atoms with E-state index < -0.39 is 28.5 Å². The standard InChI is InChI=1S/C29H31NO8/c1-13(2)37-26-17(9-8-10-19(26)36-7)12-30-15(4)21-18(32)11-20-29(6,28(21)35)23-25(34)14(3)24(33)22(16(5)31)27(23)38-20/h8-11,13,30,33-34H,12H2,1-7H3/b21-15+/t29-/m0/s1. The number of hydrogen-bond acceptors (Lipinski definition) is 9. The van der Waals surface area contributed by atoms with Gasteiger partial charge < -0.3 is 29.7 Å². The Bertz CT molecular complexity index is 1450. The molecule has 0 radical (unpaired) electrons. The molecule has 9 nitrogen and oxygen atoms in total. The fourth-order valence-corrected chi connectivity index (χ4v) is 4.91. The average molecular weight is 522 g/mol. The van der Waals surface area contributed by atoms with Crippen molar-refractivity contribution in [1.29, 1.82) is 0 Å². The maximum atomic E-state index is 14.0. The molecule has 1 aliphatic heterocycles. The van der Waals surface area contributed by atoms with Crippen molar-refractivity contribution in [2.75, 3.05) is 7.11 Å². The summed E-state index contributed by atoms with van der Waals surface area (Å²) in [6.45, 7) is 9.88. The van der Waals surface area contributed by atoms with Gasteiger partial charge in [0, 0.05) is 29.4 Å². The lowest BCUT2D eigenvalue weighted by Gasteiger charge is -2.29. The van der Waals surface area contributed by atoms with Crippen molar-refractivity contribution >= 4 is 17.3 Å². The van der Waals surface area contributed by atoms with E-state index >= 15 is 0 Å². The minimum Gasteiger partial charge on any atom is -0.507 e. The van der Waals surface area contributed by atoms with Crippen molar-refractivity contribution < 1.29 is 38.8 Å². The van der Waals surface area contributed by atoms with Gasteiger partial charge in [-0.2, -0.15) is 0 Å². The van der Waals surface area contributed by atoms with Crippen molar-refractivity contribution in [1.82, 2.24) is 5.32 Å². The molecule has 1 atom stereocenters. The second-order valence-electron chi connectivity index (χ2n) is 9.86. The third-order valence-corrected chi connectivity index (χ3v) is 6.94. The topological polar surface area (TPSA) is 131 Å². The SMILES string of the molecule is COc1cccc(CN/C(C)=C2\C(=O)C=C3Oc4c(C(C)=O)c(O)c(C)c(O)c4[C@@]3(C)C2=O)c1OC(C)C. The number of hydrogen-bond donors (Lipinski definition) is 3. The van der Waals surface area contributed by atoms with Gasteiger partial charge in [0.15, 0.2) is 28.8 Å². The molecule has 2 aromatic carbocycles. The summed E-state index contributed by atoms with van der Waals surface area (Å²) in [5, 5.41) is 24.6. The quantitative estimate of drug-likeness (QED) is 0.279. The zero-order valence-corrected chi connectivity index (χ0v) is 22.4. The summed E-state index contributed by atoms with van der Waals surface area (Å²) in [7, 11) is 1.55. The smallest absolute Gasteiger partial charge is 0.194 e. The molecule has 0 amide bonds. The Balaban J connectivity index is 1.78. The number of carbonyl (C=O) groups is 3. The molecule has 0 aromatic heterocycles. The Hall–Kier alpha value is -4.27. The third kappa shape index (κ3) is 3.98. The first-order valence-electron chi connectivity index (χ1n) is 12.2. The zero-order valence-electron chi connectivity index (χ0n) is 22.4. The van der Waals surface area contributed by atoms with Gasteiger partial charge in [-0.1, -0.05) is 12.1 Å². The van der Waals surface area contributed by atoms with Crippen molar-refractivity contribution in [2.24, 2.45) is 0 Å². The number of rotatable bonds is 7. The van der Waals surface area contributed by atoms with Crippen molar-refractivity contribution in [3.05, 3.63) is 63.6 Å². The Labute approximate surface area is 220 Å². The summed E-state index contributed by atoms with van der Waals surface area (Å²) in [5.41, 5.74) is -0.644. The molecular formula is C29H31NO8. The summed E-state index contributed by atoms with van der Waals surface area (Å²) in [6.07, 6.45) is 1.09. The molecule has 0 spiro atoms. The Morgan fingerprint density at radius 1 is 1.16 bits per heavy atom. The van der Waals surface area contributed by atoms with Gasteiger partial charge in [0.25, 0.3) is 0 Å². The maximum Gasteiger partial charge on any atom is 0.194 e. The number of Topliss-reactive ketones (excluding diaryl/α,β-unsaturated/α-hetero) is 2. The highest BCUT2D eigenvalue weighted by Crippen LogP contribution is 2.57. The van der Waals surface area contributed by atoms with E-state index in [1.54, 1.807) is 20.1 Å². The minimum atomic E-state index is -1.57. The highest BCUT2D eigenvalue weighted by atomic mass is 16.5. The van der Waals surface area contributed by atoms with Gasteiger partial charge in [-0.05, 0) is 47.6 Å². The molecule has 0 unspecified atom stereocenters. The van der Waals surface area contributed by atoms with E-state index in [1.807, 2.05) is 26.0 Å². The maximum absolute atomic E-state index is 14.0. The summed E-state index contributed by atoms with van der Waals surface area (Å²) in [4.78, 5) is 39.4. The van der Waals surface area contributed by atoms with E-state index in [9.17, 15) is 24.6 Å². The number of allylic oxidation sites excluding steroid dienone is 4. The second kappa shape index (κ2) is 9.55. The van der Waals surface area contributed by atoms with Crippen LogP contribution in [0.15, 0.2) is 41.3 Å². The Morgan fingerprint density at radius 2 is 1.84 bits per heavy atom. The predicted octanol–water partition coefficient (Wildman–Crippen LogP) is 4.15. The largest absolute Gasteiger partial charge is 0.507 e. The summed E-state index contributed by atoms with van der Waals surface area (Å²) >= 11 is 0. The molecule has 0 fully saturated rings. The van der Waals surface area contributed by atoms with Crippen LogP contribution >= 0.6 is 0 Å². The Morgan fingerprint density at radius 3 is 2.45 bits per heavy atom. The number of nitrogens with one attached hydrogen (secondary N) is 1. The van der Waals surface area contributed by atoms with Crippen LogP contribution in [-0.2, 0) is 21.5 Å². The molecule has 200 valence electrons. The lowest BCUT2D eigenvalue weighted by atomic mass is 9.70. The molecule has 1 heterocycles. The van der Waals surface area contributed by atoms with Gasteiger partial charge >= 0.3 is 0 Å². The number of benzene rings is 2. The molecule has 0 saturated heterocycles. The number of phenolic OH excluding ortho intramolecular Hbond substituents is 2. The molecule has 0 bridgehead atoms. The van der Waals surface area contributed by atoms with Crippen LogP contribution in [0.25, 0.3) is 0 Å². The molecule has 0 saturated carbocycles. The third-order valence-electron chi connectivity index (χ3n) is 6.94. The summed E-state index contributed by atoms with van der Waals surface area (Å²) in [5.74, 6) is -1.49. The number of fused-ring (bicyclic) bond motifs is 3. The predicted molar refractivity (Wildman–Crippen MR) is 139 cm³/mol. The lowest BCUT2D eigenvalue weighted by molar-refractivity contribution is -0.123. The van der Waals surface area contributed by atoms with E-state index in [-0.39, 0.29) is 52.2 Å². The Kier molecular flexibility index (Phi) is 6.73. The molecule has 3 N–H and O–H groups in total. The minimum absolute atomic E-state index is 0.0118. The van der Waals surface area contributed by atoms with Gasteiger partial charge in [0.2, 0.25) is 0 Å². The number of aromatic hydroxyl groups is 2. The first-order valence-corrected chi connectivity index (χ1v) is 12.2. The molecule has 4 rings (SSSR count). The number of methoxy groups -OCH3 is 1. The fraction of sp³-hybridized carbons (Fsp3) is 0.345. The number of para-hydroxylation sites is 1. The number of ether oxygens (including phenoxy) is 3. The highest BCUT2D eigenvalue weighted by molar-refractivity contribution is 6.31. The molecule has 2 aromatic rings. The normalized spacial score (nSPS) is 19.4. The van der Waals surface area contributed by atoms with E-state index in [0.29, 0.717) is 17.2 Å². The van der Waals surface area contributed by atoms with Crippen LogP contribution in [0.1, 0.15) is 61.7 Å². The van der Waals surface area contributed by atoms with Crippen LogP contribution in [0, 0.1) is 6.92 Å². The molecule has 9 heteroatoms. The van der Waals surface area contributed by atoms with Gasteiger partial charge in [0.05, 0.1) is 24.4 Å². The fourth-order valence-electron chi connectivity index (χ4n) is 4.91.